The zero-order valence-electron chi connectivity index (χ0n) is 6.08. The fourth-order valence-corrected chi connectivity index (χ4v) is 0.742. The minimum atomic E-state index is -6.01. The molecular formula is C5H2F6KNO2. The normalized spacial score (nSPS) is 26.5. The van der Waals surface area contributed by atoms with Crippen LogP contribution in [0, 0.1) is 0 Å². The Kier molecular flexibility index (Phi) is 4.08. The number of nitrogens with one attached hydrogen (secondary N) is 1. The van der Waals surface area contributed by atoms with E-state index in [-0.39, 0.29) is 51.4 Å². The van der Waals surface area contributed by atoms with E-state index in [9.17, 15) is 35.9 Å². The van der Waals surface area contributed by atoms with Gasteiger partial charge in [-0.2, -0.15) is 26.3 Å². The van der Waals surface area contributed by atoms with Crippen LogP contribution < -0.4 is 5.32 Å². The van der Waals surface area contributed by atoms with Gasteiger partial charge in [0.25, 0.3) is 0 Å². The van der Waals surface area contributed by atoms with Crippen LogP contribution in [0.4, 0.5) is 26.3 Å². The van der Waals surface area contributed by atoms with E-state index in [1.165, 1.54) is 0 Å². The van der Waals surface area contributed by atoms with E-state index < -0.39 is 29.6 Å². The average Bonchev–Trinajstić information content (AvgIpc) is 2.01. The molecule has 1 N–H and O–H groups in total. The molecular weight excluding hydrogens is 259 g/mol. The van der Waals surface area contributed by atoms with Gasteiger partial charge in [0.2, 0.25) is 0 Å². The molecule has 0 aromatic carbocycles. The van der Waals surface area contributed by atoms with Crippen molar-refractivity contribution < 1.29 is 35.9 Å². The molecule has 1 saturated heterocycles. The molecule has 0 atom stereocenters. The van der Waals surface area contributed by atoms with Crippen molar-refractivity contribution >= 4 is 63.2 Å². The summed E-state index contributed by atoms with van der Waals surface area (Å²) in [4.78, 5) is 20.3. The molecule has 1 aliphatic rings. The number of halogens is 6. The van der Waals surface area contributed by atoms with Gasteiger partial charge in [0.1, 0.15) is 0 Å². The Morgan fingerprint density at radius 2 is 1.07 bits per heavy atom. The Hall–Kier alpha value is 0.356. The third-order valence-electron chi connectivity index (χ3n) is 1.59. The first-order valence-corrected chi connectivity index (χ1v) is 3.04. The van der Waals surface area contributed by atoms with Crippen LogP contribution in [-0.2, 0) is 9.59 Å². The van der Waals surface area contributed by atoms with E-state index >= 15 is 0 Å². The summed E-state index contributed by atoms with van der Waals surface area (Å²) in [5, 5.41) is 0.458. The SMILES string of the molecule is O=C1NC(=O)C(F)(F)C(F)(F)C1(F)F.[KH]. The topological polar surface area (TPSA) is 46.2 Å². The number of alkyl halides is 6. The fraction of sp³-hybridized carbons (Fsp3) is 0.600. The van der Waals surface area contributed by atoms with Crippen LogP contribution in [-0.4, -0.2) is 81.0 Å². The molecule has 15 heavy (non-hydrogen) atoms. The molecule has 1 aliphatic heterocycles. The summed E-state index contributed by atoms with van der Waals surface area (Å²) in [6.07, 6.45) is 0. The molecule has 0 radical (unpaired) electrons. The van der Waals surface area contributed by atoms with Crippen LogP contribution in [0.15, 0.2) is 0 Å². The number of carbonyl (C=O) groups excluding carboxylic acids is 2. The molecule has 0 saturated carbocycles. The molecule has 82 valence electrons. The summed E-state index contributed by atoms with van der Waals surface area (Å²) in [5.41, 5.74) is 0. The number of piperidine rings is 1. The van der Waals surface area contributed by atoms with Gasteiger partial charge in [-0.15, -0.1) is 0 Å². The summed E-state index contributed by atoms with van der Waals surface area (Å²) in [5.74, 6) is -22.7. The number of imide groups is 1. The van der Waals surface area contributed by atoms with Gasteiger partial charge in [-0.25, -0.2) is 0 Å². The van der Waals surface area contributed by atoms with Crippen molar-refractivity contribution in [1.82, 2.24) is 5.32 Å². The molecule has 1 fully saturated rings. The van der Waals surface area contributed by atoms with Gasteiger partial charge in [0.15, 0.2) is 0 Å². The minimum absolute atomic E-state index is 0. The van der Waals surface area contributed by atoms with Gasteiger partial charge in [0.05, 0.1) is 0 Å². The first kappa shape index (κ1) is 15.4. The maximum absolute atomic E-state index is 12.3. The van der Waals surface area contributed by atoms with Crippen molar-refractivity contribution in [3.8, 4) is 0 Å². The van der Waals surface area contributed by atoms with Crippen LogP contribution in [0.1, 0.15) is 0 Å². The van der Waals surface area contributed by atoms with E-state index in [2.05, 4.69) is 0 Å². The molecule has 0 aliphatic carbocycles. The molecule has 0 aromatic rings. The van der Waals surface area contributed by atoms with Gasteiger partial charge < -0.3 is 0 Å². The van der Waals surface area contributed by atoms with E-state index in [1.54, 1.807) is 0 Å². The van der Waals surface area contributed by atoms with Gasteiger partial charge in [-0.05, 0) is 0 Å². The van der Waals surface area contributed by atoms with Crippen molar-refractivity contribution in [2.24, 2.45) is 0 Å². The summed E-state index contributed by atoms with van der Waals surface area (Å²) >= 11 is 0. The number of hydrogen-bond donors (Lipinski definition) is 1. The zero-order valence-corrected chi connectivity index (χ0v) is 6.08. The molecule has 3 nitrogen and oxygen atoms in total. The Morgan fingerprint density at radius 3 is 1.33 bits per heavy atom. The van der Waals surface area contributed by atoms with E-state index in [1.807, 2.05) is 0 Å². The molecule has 1 heterocycles. The second-order valence-corrected chi connectivity index (χ2v) is 2.51. The van der Waals surface area contributed by atoms with Gasteiger partial charge in [0, 0.05) is 0 Å². The van der Waals surface area contributed by atoms with Gasteiger partial charge >= 0.3 is 81.0 Å². The summed E-state index contributed by atoms with van der Waals surface area (Å²) in [6.45, 7) is 0. The predicted molar refractivity (Wildman–Crippen MR) is 35.1 cm³/mol. The van der Waals surface area contributed by atoms with Crippen LogP contribution >= 0.6 is 0 Å². The van der Waals surface area contributed by atoms with E-state index in [4.69, 9.17) is 0 Å². The molecule has 0 bridgehead atoms. The molecule has 0 spiro atoms. The standard InChI is InChI=1S/C5HF6NO2.K.H/c6-3(7)1(13)12-2(14)4(8,9)5(3,10)11;;/h(H,12,13,14);;. The second-order valence-electron chi connectivity index (χ2n) is 2.51. The fourth-order valence-electron chi connectivity index (χ4n) is 0.742. The van der Waals surface area contributed by atoms with E-state index in [0.29, 0.717) is 5.32 Å². The third-order valence-corrected chi connectivity index (χ3v) is 1.59. The van der Waals surface area contributed by atoms with Crippen LogP contribution in [0.2, 0.25) is 0 Å². The molecule has 0 aromatic heterocycles. The van der Waals surface area contributed by atoms with Crippen molar-refractivity contribution in [3.05, 3.63) is 0 Å². The van der Waals surface area contributed by atoms with Crippen LogP contribution in [0.5, 0.6) is 0 Å². The van der Waals surface area contributed by atoms with Crippen LogP contribution in [0.25, 0.3) is 0 Å². The van der Waals surface area contributed by atoms with Gasteiger partial charge in [-0.1, -0.05) is 0 Å². The van der Waals surface area contributed by atoms with Crippen molar-refractivity contribution in [1.29, 1.82) is 0 Å². The van der Waals surface area contributed by atoms with Crippen LogP contribution in [0.3, 0.4) is 0 Å². The first-order valence-electron chi connectivity index (χ1n) is 3.04. The summed E-state index contributed by atoms with van der Waals surface area (Å²) in [6, 6.07) is 0. The average molecular weight is 261 g/mol. The number of amides is 2. The number of hydrogen-bond acceptors (Lipinski definition) is 2. The van der Waals surface area contributed by atoms with Gasteiger partial charge in [-0.3, -0.25) is 14.9 Å². The van der Waals surface area contributed by atoms with E-state index in [0.717, 1.165) is 0 Å². The molecule has 1 rings (SSSR count). The Bertz CT molecular complexity index is 289. The molecule has 2 amide bonds. The van der Waals surface area contributed by atoms with Crippen molar-refractivity contribution in [2.45, 2.75) is 17.8 Å². The van der Waals surface area contributed by atoms with Crippen molar-refractivity contribution in [3.63, 3.8) is 0 Å². The Labute approximate surface area is 121 Å². The Balaban J connectivity index is 0.00000196. The first-order chi connectivity index (χ1) is 6.05. The number of carbonyl (C=O) groups is 2. The summed E-state index contributed by atoms with van der Waals surface area (Å²) < 4.78 is 73.6. The summed E-state index contributed by atoms with van der Waals surface area (Å²) in [7, 11) is 0. The predicted octanol–water partition coefficient (Wildman–Crippen LogP) is -0.0998. The quantitative estimate of drug-likeness (QED) is 0.376. The second kappa shape index (κ2) is 3.98. The monoisotopic (exact) mass is 261 g/mol. The molecule has 10 heteroatoms. The zero-order chi connectivity index (χ0) is 11.4. The third kappa shape index (κ3) is 1.86. The van der Waals surface area contributed by atoms with Crippen molar-refractivity contribution in [2.75, 3.05) is 0 Å². The maximum atomic E-state index is 12.3. The Morgan fingerprint density at radius 1 is 0.800 bits per heavy atom. The number of rotatable bonds is 0. The molecule has 0 unspecified atom stereocenters.